The van der Waals surface area contributed by atoms with Gasteiger partial charge in [0.05, 0.1) is 14.2 Å². The lowest BCUT2D eigenvalue weighted by molar-refractivity contribution is -0.135. The summed E-state index contributed by atoms with van der Waals surface area (Å²) in [6, 6.07) is 5.23. The van der Waals surface area contributed by atoms with Crippen molar-refractivity contribution in [3.05, 3.63) is 23.8 Å². The van der Waals surface area contributed by atoms with Crippen molar-refractivity contribution in [1.82, 2.24) is 10.6 Å². The second-order valence-corrected chi connectivity index (χ2v) is 4.65. The zero-order chi connectivity index (χ0) is 14.7. The summed E-state index contributed by atoms with van der Waals surface area (Å²) < 4.78 is 10.4. The molecule has 0 aromatic heterocycles. The van der Waals surface area contributed by atoms with E-state index in [1.54, 1.807) is 25.3 Å². The van der Waals surface area contributed by atoms with E-state index in [1.165, 1.54) is 7.11 Å². The summed E-state index contributed by atoms with van der Waals surface area (Å²) in [5.41, 5.74) is 0.747. The summed E-state index contributed by atoms with van der Waals surface area (Å²) in [4.78, 5) is 23.6. The lowest BCUT2D eigenvalue weighted by Crippen LogP contribution is -2.56. The predicted molar refractivity (Wildman–Crippen MR) is 75.6 cm³/mol. The highest BCUT2D eigenvalue weighted by molar-refractivity contribution is 7.80. The Hall–Kier alpha value is -2.15. The van der Waals surface area contributed by atoms with Gasteiger partial charge in [-0.15, -0.1) is 0 Å². The molecule has 0 atom stereocenters. The van der Waals surface area contributed by atoms with Gasteiger partial charge in [0.25, 0.3) is 0 Å². The first-order valence-electron chi connectivity index (χ1n) is 5.91. The fourth-order valence-electron chi connectivity index (χ4n) is 1.97. The number of hydrogen-bond acceptors (Lipinski definition) is 5. The number of nitrogens with one attached hydrogen (secondary N) is 2. The smallest absolute Gasteiger partial charge is 0.239 e. The van der Waals surface area contributed by atoms with Gasteiger partial charge < -0.3 is 20.1 Å². The molecular formula is C13H14N2O4S. The second kappa shape index (κ2) is 5.87. The Morgan fingerprint density at radius 3 is 2.35 bits per heavy atom. The molecule has 6 nitrogen and oxygen atoms in total. The molecule has 2 N–H and O–H groups in total. The SMILES string of the molecule is COc1ccc(CC2C(=O)NC(=S)NC2=O)c(OC)c1. The number of hydrogen-bond donors (Lipinski definition) is 2. The van der Waals surface area contributed by atoms with E-state index in [0.29, 0.717) is 11.5 Å². The van der Waals surface area contributed by atoms with Crippen molar-refractivity contribution in [3.8, 4) is 11.5 Å². The molecule has 106 valence electrons. The maximum absolute atomic E-state index is 11.8. The van der Waals surface area contributed by atoms with E-state index >= 15 is 0 Å². The fraction of sp³-hybridized carbons (Fsp3) is 0.308. The number of rotatable bonds is 4. The van der Waals surface area contributed by atoms with E-state index in [4.69, 9.17) is 21.7 Å². The van der Waals surface area contributed by atoms with Crippen molar-refractivity contribution in [2.24, 2.45) is 5.92 Å². The minimum absolute atomic E-state index is 0.0398. The van der Waals surface area contributed by atoms with Crippen LogP contribution in [-0.2, 0) is 16.0 Å². The van der Waals surface area contributed by atoms with E-state index < -0.39 is 17.7 Å². The molecule has 1 aromatic carbocycles. The van der Waals surface area contributed by atoms with Crippen LogP contribution in [0.15, 0.2) is 18.2 Å². The molecule has 0 unspecified atom stereocenters. The van der Waals surface area contributed by atoms with Gasteiger partial charge in [0, 0.05) is 6.07 Å². The van der Waals surface area contributed by atoms with Crippen LogP contribution >= 0.6 is 12.2 Å². The molecule has 2 amide bonds. The third-order valence-corrected chi connectivity index (χ3v) is 3.23. The predicted octanol–water partition coefficient (Wildman–Crippen LogP) is 0.393. The maximum atomic E-state index is 11.8. The van der Waals surface area contributed by atoms with E-state index in [9.17, 15) is 9.59 Å². The Bertz CT molecular complexity index is 553. The van der Waals surface area contributed by atoms with Crippen LogP contribution in [0, 0.1) is 5.92 Å². The van der Waals surface area contributed by atoms with Crippen molar-refractivity contribution in [2.45, 2.75) is 6.42 Å². The largest absolute Gasteiger partial charge is 0.497 e. The van der Waals surface area contributed by atoms with Crippen molar-refractivity contribution in [2.75, 3.05) is 14.2 Å². The standard InChI is InChI=1S/C13H14N2O4S/c1-18-8-4-3-7(10(6-8)19-2)5-9-11(16)14-13(20)15-12(9)17/h3-4,6,9H,5H2,1-2H3,(H2,14,15,16,17,20). The topological polar surface area (TPSA) is 76.7 Å². The van der Waals surface area contributed by atoms with Crippen molar-refractivity contribution in [3.63, 3.8) is 0 Å². The van der Waals surface area contributed by atoms with Gasteiger partial charge in [-0.2, -0.15) is 0 Å². The van der Waals surface area contributed by atoms with E-state index in [1.807, 2.05) is 0 Å². The highest BCUT2D eigenvalue weighted by Gasteiger charge is 2.33. The van der Waals surface area contributed by atoms with Gasteiger partial charge in [-0.05, 0) is 30.3 Å². The van der Waals surface area contributed by atoms with E-state index in [-0.39, 0.29) is 11.5 Å². The number of benzene rings is 1. The Balaban J connectivity index is 2.23. The molecule has 0 saturated carbocycles. The molecule has 1 fully saturated rings. The Labute approximate surface area is 121 Å². The minimum atomic E-state index is -0.830. The summed E-state index contributed by atoms with van der Waals surface area (Å²) >= 11 is 4.75. The number of carbonyl (C=O) groups is 2. The van der Waals surface area contributed by atoms with Crippen LogP contribution in [0.2, 0.25) is 0 Å². The first kappa shape index (κ1) is 14.3. The summed E-state index contributed by atoms with van der Waals surface area (Å²) in [5.74, 6) is -0.431. The third-order valence-electron chi connectivity index (χ3n) is 3.02. The van der Waals surface area contributed by atoms with Crippen molar-refractivity contribution in [1.29, 1.82) is 0 Å². The van der Waals surface area contributed by atoms with Crippen molar-refractivity contribution >= 4 is 29.1 Å². The monoisotopic (exact) mass is 294 g/mol. The van der Waals surface area contributed by atoms with Gasteiger partial charge in [-0.25, -0.2) is 0 Å². The van der Waals surface area contributed by atoms with E-state index in [2.05, 4.69) is 10.6 Å². The minimum Gasteiger partial charge on any atom is -0.497 e. The zero-order valence-electron chi connectivity index (χ0n) is 11.1. The zero-order valence-corrected chi connectivity index (χ0v) is 11.9. The van der Waals surface area contributed by atoms with Crippen LogP contribution in [-0.4, -0.2) is 31.1 Å². The van der Waals surface area contributed by atoms with Crippen LogP contribution in [0.5, 0.6) is 11.5 Å². The molecule has 7 heteroatoms. The normalized spacial score (nSPS) is 15.6. The summed E-state index contributed by atoms with van der Waals surface area (Å²) in [6.45, 7) is 0. The number of ether oxygens (including phenoxy) is 2. The average molecular weight is 294 g/mol. The molecule has 1 aromatic rings. The van der Waals surface area contributed by atoms with Gasteiger partial charge in [-0.1, -0.05) is 6.07 Å². The van der Waals surface area contributed by atoms with Crippen LogP contribution in [0.25, 0.3) is 0 Å². The van der Waals surface area contributed by atoms with Crippen LogP contribution in [0.1, 0.15) is 5.56 Å². The summed E-state index contributed by atoms with van der Waals surface area (Å²) in [7, 11) is 3.08. The Kier molecular flexibility index (Phi) is 4.19. The van der Waals surface area contributed by atoms with E-state index in [0.717, 1.165) is 5.56 Å². The molecular weight excluding hydrogens is 280 g/mol. The molecule has 0 spiro atoms. The highest BCUT2D eigenvalue weighted by atomic mass is 32.1. The molecule has 0 bridgehead atoms. The lowest BCUT2D eigenvalue weighted by atomic mass is 9.96. The van der Waals surface area contributed by atoms with Crippen LogP contribution in [0.3, 0.4) is 0 Å². The fourth-order valence-corrected chi connectivity index (χ4v) is 2.18. The van der Waals surface area contributed by atoms with Gasteiger partial charge in [0.2, 0.25) is 11.8 Å². The summed E-state index contributed by atoms with van der Waals surface area (Å²) in [6.07, 6.45) is 0.230. The maximum Gasteiger partial charge on any atom is 0.239 e. The molecule has 0 radical (unpaired) electrons. The molecule has 1 aliphatic heterocycles. The molecule has 1 saturated heterocycles. The third kappa shape index (κ3) is 2.88. The number of thiocarbonyl (C=S) groups is 1. The van der Waals surface area contributed by atoms with Gasteiger partial charge in [0.1, 0.15) is 17.4 Å². The Morgan fingerprint density at radius 2 is 1.80 bits per heavy atom. The summed E-state index contributed by atoms with van der Waals surface area (Å²) in [5, 5.41) is 4.91. The number of methoxy groups -OCH3 is 2. The quantitative estimate of drug-likeness (QED) is 0.621. The van der Waals surface area contributed by atoms with Crippen molar-refractivity contribution < 1.29 is 19.1 Å². The van der Waals surface area contributed by atoms with Crippen LogP contribution in [0.4, 0.5) is 0 Å². The Morgan fingerprint density at radius 1 is 1.15 bits per heavy atom. The average Bonchev–Trinajstić information content (AvgIpc) is 2.42. The second-order valence-electron chi connectivity index (χ2n) is 4.24. The molecule has 1 aliphatic rings. The molecule has 0 aliphatic carbocycles. The van der Waals surface area contributed by atoms with Crippen LogP contribution < -0.4 is 20.1 Å². The first-order valence-corrected chi connectivity index (χ1v) is 6.32. The molecule has 2 rings (SSSR count). The molecule has 20 heavy (non-hydrogen) atoms. The molecule has 1 heterocycles. The lowest BCUT2D eigenvalue weighted by Gasteiger charge is -2.23. The number of carbonyl (C=O) groups excluding carboxylic acids is 2. The van der Waals surface area contributed by atoms with Gasteiger partial charge in [-0.3, -0.25) is 9.59 Å². The number of amides is 2. The first-order chi connectivity index (χ1) is 9.55. The highest BCUT2D eigenvalue weighted by Crippen LogP contribution is 2.27. The van der Waals surface area contributed by atoms with Gasteiger partial charge >= 0.3 is 0 Å². The van der Waals surface area contributed by atoms with Gasteiger partial charge in [0.15, 0.2) is 5.11 Å².